The number of carboxylic acid groups (broad SMARTS) is 1. The van der Waals surface area contributed by atoms with E-state index in [2.05, 4.69) is 14.7 Å². The molecule has 7 heteroatoms. The Morgan fingerprint density at radius 1 is 1.67 bits per heavy atom. The third-order valence-electron chi connectivity index (χ3n) is 1.61. The first-order chi connectivity index (χ1) is 6.99. The van der Waals surface area contributed by atoms with E-state index < -0.39 is 23.7 Å². The molecule has 0 aliphatic rings. The number of amides is 1. The van der Waals surface area contributed by atoms with Crippen LogP contribution >= 0.6 is 0 Å². The van der Waals surface area contributed by atoms with Crippen molar-refractivity contribution in [2.45, 2.75) is 19.4 Å². The van der Waals surface area contributed by atoms with Gasteiger partial charge in [0.25, 0.3) is 5.91 Å². The molecule has 1 heterocycles. The first kappa shape index (κ1) is 11.0. The minimum absolute atomic E-state index is 0.169. The number of carbonyl (C=O) groups excluding carboxylic acids is 1. The first-order valence-corrected chi connectivity index (χ1v) is 4.20. The second-order valence-electron chi connectivity index (χ2n) is 3.01. The van der Waals surface area contributed by atoms with Crippen LogP contribution in [0.2, 0.25) is 0 Å². The highest BCUT2D eigenvalue weighted by Gasteiger charge is 2.15. The molecule has 0 bridgehead atoms. The summed E-state index contributed by atoms with van der Waals surface area (Å²) in [5.74, 6) is -2.54. The van der Waals surface area contributed by atoms with Gasteiger partial charge in [0.15, 0.2) is 0 Å². The minimum atomic E-state index is -1.02. The molecule has 1 aromatic heterocycles. The summed E-state index contributed by atoms with van der Waals surface area (Å²) in [7, 11) is 0. The van der Waals surface area contributed by atoms with Crippen LogP contribution in [0.15, 0.2) is 15.4 Å². The molecule has 3 N–H and O–H groups in total. The number of carboxylic acids is 1. The summed E-state index contributed by atoms with van der Waals surface area (Å²) in [5.41, 5.74) is 0. The van der Waals surface area contributed by atoms with Gasteiger partial charge in [0, 0.05) is 6.04 Å². The third-order valence-corrected chi connectivity index (χ3v) is 1.61. The Morgan fingerprint density at radius 3 is 2.80 bits per heavy atom. The molecule has 1 aromatic rings. The fourth-order valence-corrected chi connectivity index (χ4v) is 1.00. The molecule has 0 aromatic carbocycles. The van der Waals surface area contributed by atoms with Gasteiger partial charge in [-0.3, -0.25) is 14.6 Å². The summed E-state index contributed by atoms with van der Waals surface area (Å²) in [5, 5.41) is 10.8. The quantitative estimate of drug-likeness (QED) is 0.629. The third kappa shape index (κ3) is 3.29. The van der Waals surface area contributed by atoms with Crippen LogP contribution in [0.1, 0.15) is 23.9 Å². The number of hydrogen-bond acceptors (Lipinski definition) is 4. The summed E-state index contributed by atoms with van der Waals surface area (Å²) in [6, 6.07) is -0.532. The second kappa shape index (κ2) is 4.45. The van der Waals surface area contributed by atoms with Gasteiger partial charge >= 0.3 is 11.7 Å². The number of rotatable bonds is 4. The molecular weight excluding hydrogens is 204 g/mol. The largest absolute Gasteiger partial charge is 0.481 e. The summed E-state index contributed by atoms with van der Waals surface area (Å²) >= 11 is 0. The number of oxazole rings is 1. The van der Waals surface area contributed by atoms with Crippen LogP contribution in [0.3, 0.4) is 0 Å². The minimum Gasteiger partial charge on any atom is -0.481 e. The van der Waals surface area contributed by atoms with E-state index in [4.69, 9.17) is 5.11 Å². The maximum absolute atomic E-state index is 11.3. The van der Waals surface area contributed by atoms with E-state index in [1.165, 1.54) is 6.92 Å². The van der Waals surface area contributed by atoms with Gasteiger partial charge in [-0.15, -0.1) is 0 Å². The molecule has 1 atom stereocenters. The maximum atomic E-state index is 11.3. The van der Waals surface area contributed by atoms with Gasteiger partial charge in [-0.1, -0.05) is 0 Å². The highest BCUT2D eigenvalue weighted by Crippen LogP contribution is 1.96. The van der Waals surface area contributed by atoms with Crippen molar-refractivity contribution in [2.24, 2.45) is 0 Å². The van der Waals surface area contributed by atoms with Crippen molar-refractivity contribution in [3.05, 3.63) is 22.5 Å². The number of aliphatic carboxylic acids is 1. The molecule has 0 aliphatic heterocycles. The van der Waals surface area contributed by atoms with Gasteiger partial charge in [0.1, 0.15) is 0 Å². The number of H-pyrrole nitrogens is 1. The second-order valence-corrected chi connectivity index (χ2v) is 3.01. The Morgan fingerprint density at radius 2 is 2.33 bits per heavy atom. The van der Waals surface area contributed by atoms with Crippen LogP contribution in [-0.2, 0) is 4.79 Å². The number of carbonyl (C=O) groups is 2. The highest BCUT2D eigenvalue weighted by atomic mass is 16.4. The zero-order chi connectivity index (χ0) is 11.4. The molecule has 1 rings (SSSR count). The van der Waals surface area contributed by atoms with Gasteiger partial charge in [0.05, 0.1) is 12.6 Å². The molecule has 7 nitrogen and oxygen atoms in total. The van der Waals surface area contributed by atoms with Gasteiger partial charge < -0.3 is 14.8 Å². The number of aromatic amines is 1. The summed E-state index contributed by atoms with van der Waals surface area (Å²) in [6.07, 6.45) is 0.922. The number of nitrogens with one attached hydrogen (secondary N) is 2. The summed E-state index contributed by atoms with van der Waals surface area (Å²) in [6.45, 7) is 1.54. The topological polar surface area (TPSA) is 112 Å². The SMILES string of the molecule is CC(CC(=O)O)NC(=O)c1c[nH]c(=O)o1. The van der Waals surface area contributed by atoms with Gasteiger partial charge in [-0.2, -0.15) is 0 Å². The monoisotopic (exact) mass is 214 g/mol. The van der Waals surface area contributed by atoms with Crippen molar-refractivity contribution >= 4 is 11.9 Å². The van der Waals surface area contributed by atoms with E-state index in [0.29, 0.717) is 0 Å². The molecule has 1 unspecified atom stereocenters. The standard InChI is InChI=1S/C8H10N2O5/c1-4(2-6(11)12)10-7(13)5-3-9-8(14)15-5/h3-4H,2H2,1H3,(H,9,14)(H,10,13)(H,11,12). The summed E-state index contributed by atoms with van der Waals surface area (Å²) < 4.78 is 4.48. The Hall–Kier alpha value is -2.05. The Balaban J connectivity index is 2.56. The van der Waals surface area contributed by atoms with Crippen molar-refractivity contribution < 1.29 is 19.1 Å². The van der Waals surface area contributed by atoms with E-state index in [9.17, 15) is 14.4 Å². The molecule has 0 aliphatic carbocycles. The van der Waals surface area contributed by atoms with Crippen LogP contribution in [0.25, 0.3) is 0 Å². The molecule has 0 saturated heterocycles. The van der Waals surface area contributed by atoms with Crippen molar-refractivity contribution in [1.29, 1.82) is 0 Å². The van der Waals surface area contributed by atoms with Crippen LogP contribution in [0, 0.1) is 0 Å². The van der Waals surface area contributed by atoms with Gasteiger partial charge in [0.2, 0.25) is 5.76 Å². The predicted octanol–water partition coefficient (Wildman–Crippen LogP) is -0.439. The average Bonchev–Trinajstić information content (AvgIpc) is 2.49. The van der Waals surface area contributed by atoms with Crippen LogP contribution in [0.4, 0.5) is 0 Å². The van der Waals surface area contributed by atoms with Crippen molar-refractivity contribution in [2.75, 3.05) is 0 Å². The van der Waals surface area contributed by atoms with E-state index in [0.717, 1.165) is 6.20 Å². The Labute approximate surface area is 84.1 Å². The zero-order valence-electron chi connectivity index (χ0n) is 7.94. The lowest BCUT2D eigenvalue weighted by atomic mass is 10.2. The lowest BCUT2D eigenvalue weighted by Crippen LogP contribution is -2.34. The number of aromatic nitrogens is 1. The van der Waals surface area contributed by atoms with E-state index in [1.807, 2.05) is 0 Å². The summed E-state index contributed by atoms with van der Waals surface area (Å²) in [4.78, 5) is 34.3. The first-order valence-electron chi connectivity index (χ1n) is 4.20. The van der Waals surface area contributed by atoms with Crippen LogP contribution < -0.4 is 11.1 Å². The van der Waals surface area contributed by atoms with E-state index in [1.54, 1.807) is 0 Å². The fraction of sp³-hybridized carbons (Fsp3) is 0.375. The molecule has 82 valence electrons. The molecule has 0 saturated carbocycles. The zero-order valence-corrected chi connectivity index (χ0v) is 7.94. The lowest BCUT2D eigenvalue weighted by molar-refractivity contribution is -0.137. The molecule has 0 spiro atoms. The fourth-order valence-electron chi connectivity index (χ4n) is 1.00. The Kier molecular flexibility index (Phi) is 3.27. The molecule has 0 radical (unpaired) electrons. The van der Waals surface area contributed by atoms with Gasteiger partial charge in [-0.25, -0.2) is 4.79 Å². The van der Waals surface area contributed by atoms with Crippen LogP contribution in [0.5, 0.6) is 0 Å². The smallest absolute Gasteiger partial charge is 0.416 e. The van der Waals surface area contributed by atoms with E-state index >= 15 is 0 Å². The Bertz CT molecular complexity index is 419. The highest BCUT2D eigenvalue weighted by molar-refractivity contribution is 5.91. The van der Waals surface area contributed by atoms with Crippen molar-refractivity contribution in [3.63, 3.8) is 0 Å². The molecular formula is C8H10N2O5. The molecule has 15 heavy (non-hydrogen) atoms. The predicted molar refractivity (Wildman–Crippen MR) is 48.5 cm³/mol. The van der Waals surface area contributed by atoms with Crippen LogP contribution in [-0.4, -0.2) is 28.0 Å². The van der Waals surface area contributed by atoms with Gasteiger partial charge in [-0.05, 0) is 6.92 Å². The molecule has 0 fully saturated rings. The molecule has 1 amide bonds. The normalized spacial score (nSPS) is 12.1. The lowest BCUT2D eigenvalue weighted by Gasteiger charge is -2.09. The van der Waals surface area contributed by atoms with Crippen molar-refractivity contribution in [1.82, 2.24) is 10.3 Å². The van der Waals surface area contributed by atoms with E-state index in [-0.39, 0.29) is 12.2 Å². The average molecular weight is 214 g/mol. The van der Waals surface area contributed by atoms with Crippen molar-refractivity contribution in [3.8, 4) is 0 Å². The number of hydrogen-bond donors (Lipinski definition) is 3. The maximum Gasteiger partial charge on any atom is 0.416 e.